The van der Waals surface area contributed by atoms with Crippen LogP contribution in [0.3, 0.4) is 0 Å². The third kappa shape index (κ3) is 3.30. The molecule has 0 bridgehead atoms. The lowest BCUT2D eigenvalue weighted by Gasteiger charge is -2.07. The molecule has 2 aromatic carbocycles. The molecule has 0 aliphatic heterocycles. The second-order valence-electron chi connectivity index (χ2n) is 6.01. The van der Waals surface area contributed by atoms with Crippen LogP contribution in [0.1, 0.15) is 15.9 Å². The first-order valence-corrected chi connectivity index (χ1v) is 8.98. The molecule has 0 atom stereocenters. The van der Waals surface area contributed by atoms with Crippen LogP contribution in [-0.2, 0) is 0 Å². The predicted molar refractivity (Wildman–Crippen MR) is 104 cm³/mol. The average Bonchev–Trinajstić information content (AvgIpc) is 3.24. The summed E-state index contributed by atoms with van der Waals surface area (Å²) in [6.45, 7) is 1.64. The van der Waals surface area contributed by atoms with Gasteiger partial charge in [0, 0.05) is 46.2 Å². The van der Waals surface area contributed by atoms with Crippen molar-refractivity contribution >= 4 is 33.6 Å². The molecule has 27 heavy (non-hydrogen) atoms. The predicted octanol–water partition coefficient (Wildman–Crippen LogP) is 4.53. The number of anilines is 1. The molecule has 1 N–H and O–H groups in total. The van der Waals surface area contributed by atoms with Gasteiger partial charge in [-0.05, 0) is 25.1 Å². The molecular formula is C19H14N4O3S. The minimum atomic E-state index is -0.489. The van der Waals surface area contributed by atoms with E-state index in [1.54, 1.807) is 36.5 Å². The largest absolute Gasteiger partial charge is 0.322 e. The third-order valence-electron chi connectivity index (χ3n) is 4.18. The number of nitro groups is 1. The van der Waals surface area contributed by atoms with Crippen molar-refractivity contribution in [2.24, 2.45) is 0 Å². The normalized spacial score (nSPS) is 10.9. The van der Waals surface area contributed by atoms with E-state index in [0.717, 1.165) is 16.2 Å². The van der Waals surface area contributed by atoms with Gasteiger partial charge in [0.25, 0.3) is 11.6 Å². The summed E-state index contributed by atoms with van der Waals surface area (Å²) in [5, 5.41) is 15.8. The van der Waals surface area contributed by atoms with E-state index in [1.807, 2.05) is 40.4 Å². The van der Waals surface area contributed by atoms with E-state index in [1.165, 1.54) is 6.07 Å². The smallest absolute Gasteiger partial charge is 0.273 e. The topological polar surface area (TPSA) is 89.5 Å². The van der Waals surface area contributed by atoms with Gasteiger partial charge in [-0.25, -0.2) is 4.98 Å². The minimum absolute atomic E-state index is 0.0746. The monoisotopic (exact) mass is 378 g/mol. The van der Waals surface area contributed by atoms with E-state index in [2.05, 4.69) is 10.3 Å². The van der Waals surface area contributed by atoms with Crippen molar-refractivity contribution in [3.05, 3.63) is 81.5 Å². The first-order chi connectivity index (χ1) is 13.0. The molecule has 0 aliphatic carbocycles. The van der Waals surface area contributed by atoms with Crippen LogP contribution in [0.5, 0.6) is 0 Å². The van der Waals surface area contributed by atoms with E-state index >= 15 is 0 Å². The Hall–Kier alpha value is -3.52. The Morgan fingerprint density at radius 3 is 2.89 bits per heavy atom. The van der Waals surface area contributed by atoms with E-state index in [4.69, 9.17) is 0 Å². The average molecular weight is 378 g/mol. The van der Waals surface area contributed by atoms with Gasteiger partial charge in [-0.1, -0.05) is 18.2 Å². The number of nitro benzene ring substituents is 1. The molecule has 0 unspecified atom stereocenters. The second-order valence-corrected chi connectivity index (χ2v) is 6.89. The number of fused-ring (bicyclic) bond motifs is 1. The number of thiazole rings is 1. The first-order valence-electron chi connectivity index (χ1n) is 8.10. The number of aryl methyl sites for hydroxylation is 1. The van der Waals surface area contributed by atoms with Crippen LogP contribution in [-0.4, -0.2) is 20.2 Å². The molecule has 2 heterocycles. The molecule has 1 amide bonds. The van der Waals surface area contributed by atoms with Gasteiger partial charge in [0.05, 0.1) is 10.6 Å². The number of aromatic nitrogens is 2. The summed E-state index contributed by atoms with van der Waals surface area (Å²) in [4.78, 5) is 28.5. The highest BCUT2D eigenvalue weighted by atomic mass is 32.1. The zero-order valence-corrected chi connectivity index (χ0v) is 15.1. The molecule has 0 saturated heterocycles. The fourth-order valence-electron chi connectivity index (χ4n) is 2.77. The quantitative estimate of drug-likeness (QED) is 0.417. The molecule has 0 radical (unpaired) electrons. The number of amides is 1. The molecule has 7 nitrogen and oxygen atoms in total. The lowest BCUT2D eigenvalue weighted by atomic mass is 10.1. The third-order valence-corrected chi connectivity index (χ3v) is 4.95. The summed E-state index contributed by atoms with van der Waals surface area (Å²) in [5.74, 6) is -0.402. The highest BCUT2D eigenvalue weighted by Gasteiger charge is 2.15. The zero-order chi connectivity index (χ0) is 19.0. The van der Waals surface area contributed by atoms with Gasteiger partial charge in [-0.3, -0.25) is 19.3 Å². The van der Waals surface area contributed by atoms with E-state index in [-0.39, 0.29) is 11.3 Å². The highest BCUT2D eigenvalue weighted by molar-refractivity contribution is 7.15. The Labute approximate surface area is 158 Å². The number of carbonyl (C=O) groups excluding carboxylic acids is 1. The van der Waals surface area contributed by atoms with E-state index in [9.17, 15) is 14.9 Å². The molecule has 4 rings (SSSR count). The summed E-state index contributed by atoms with van der Waals surface area (Å²) in [5.41, 5.74) is 2.95. The van der Waals surface area contributed by atoms with Crippen molar-refractivity contribution in [1.29, 1.82) is 0 Å². The number of nitrogens with zero attached hydrogens (tertiary/aromatic N) is 3. The van der Waals surface area contributed by atoms with E-state index < -0.39 is 10.8 Å². The number of imidazole rings is 1. The molecule has 8 heteroatoms. The second kappa shape index (κ2) is 6.65. The van der Waals surface area contributed by atoms with Crippen molar-refractivity contribution in [2.45, 2.75) is 6.92 Å². The number of hydrogen-bond acceptors (Lipinski definition) is 5. The Morgan fingerprint density at radius 2 is 2.11 bits per heavy atom. The molecule has 0 spiro atoms. The molecule has 2 aromatic heterocycles. The van der Waals surface area contributed by atoms with Crippen LogP contribution < -0.4 is 5.32 Å². The van der Waals surface area contributed by atoms with Crippen molar-refractivity contribution in [3.8, 4) is 11.3 Å². The summed E-state index contributed by atoms with van der Waals surface area (Å²) < 4.78 is 1.94. The van der Waals surface area contributed by atoms with Crippen molar-refractivity contribution in [1.82, 2.24) is 9.38 Å². The van der Waals surface area contributed by atoms with Crippen LogP contribution in [0.2, 0.25) is 0 Å². The van der Waals surface area contributed by atoms with Crippen LogP contribution in [0, 0.1) is 17.0 Å². The summed E-state index contributed by atoms with van der Waals surface area (Å²) in [7, 11) is 0. The van der Waals surface area contributed by atoms with Gasteiger partial charge in [-0.2, -0.15) is 0 Å². The SMILES string of the molecule is Cc1ccc(C(=O)Nc2cccc(-c3cn4ccsc4n3)c2)cc1[N+](=O)[O-]. The maximum Gasteiger partial charge on any atom is 0.273 e. The van der Waals surface area contributed by atoms with Crippen LogP contribution >= 0.6 is 11.3 Å². The van der Waals surface area contributed by atoms with Crippen molar-refractivity contribution in [2.75, 3.05) is 5.32 Å². The van der Waals surface area contributed by atoms with Gasteiger partial charge in [0.1, 0.15) is 0 Å². The molecule has 0 fully saturated rings. The van der Waals surface area contributed by atoms with Crippen molar-refractivity contribution < 1.29 is 9.72 Å². The summed E-state index contributed by atoms with van der Waals surface area (Å²) in [6, 6.07) is 11.8. The van der Waals surface area contributed by atoms with Crippen LogP contribution in [0.15, 0.2) is 60.2 Å². The minimum Gasteiger partial charge on any atom is -0.322 e. The number of carbonyl (C=O) groups is 1. The lowest BCUT2D eigenvalue weighted by molar-refractivity contribution is -0.385. The Morgan fingerprint density at radius 1 is 1.26 bits per heavy atom. The van der Waals surface area contributed by atoms with Gasteiger partial charge in [0.15, 0.2) is 4.96 Å². The van der Waals surface area contributed by atoms with E-state index in [0.29, 0.717) is 11.3 Å². The highest BCUT2D eigenvalue weighted by Crippen LogP contribution is 2.25. The van der Waals surface area contributed by atoms with Gasteiger partial charge in [0.2, 0.25) is 0 Å². The van der Waals surface area contributed by atoms with Gasteiger partial charge in [-0.15, -0.1) is 11.3 Å². The Balaban J connectivity index is 1.59. The first kappa shape index (κ1) is 16.9. The summed E-state index contributed by atoms with van der Waals surface area (Å²) >= 11 is 1.55. The fourth-order valence-corrected chi connectivity index (χ4v) is 3.47. The maximum absolute atomic E-state index is 12.5. The molecule has 134 valence electrons. The number of nitrogens with one attached hydrogen (secondary N) is 1. The number of hydrogen-bond donors (Lipinski definition) is 1. The fraction of sp³-hybridized carbons (Fsp3) is 0.0526. The van der Waals surface area contributed by atoms with Crippen LogP contribution in [0.4, 0.5) is 11.4 Å². The molecule has 4 aromatic rings. The van der Waals surface area contributed by atoms with Gasteiger partial charge < -0.3 is 5.32 Å². The molecular weight excluding hydrogens is 364 g/mol. The Kier molecular flexibility index (Phi) is 4.17. The lowest BCUT2D eigenvalue weighted by Crippen LogP contribution is -2.12. The standard InChI is InChI=1S/C19H14N4O3S/c1-12-5-6-14(10-17(12)23(25)26)18(24)20-15-4-2-3-13(9-15)16-11-22-7-8-27-19(22)21-16/h2-11H,1H3,(H,20,24). The molecule has 0 saturated carbocycles. The van der Waals surface area contributed by atoms with Crippen molar-refractivity contribution in [3.63, 3.8) is 0 Å². The summed E-state index contributed by atoms with van der Waals surface area (Å²) in [6.07, 6.45) is 3.86. The number of benzene rings is 2. The number of rotatable bonds is 4. The molecule has 0 aliphatic rings. The van der Waals surface area contributed by atoms with Crippen LogP contribution in [0.25, 0.3) is 16.2 Å². The zero-order valence-electron chi connectivity index (χ0n) is 14.2. The Bertz CT molecular complexity index is 1150. The maximum atomic E-state index is 12.5. The van der Waals surface area contributed by atoms with Gasteiger partial charge >= 0.3 is 0 Å².